The number of nitrogens with two attached hydrogens (primary N) is 1. The first-order valence-electron chi connectivity index (χ1n) is 7.06. The van der Waals surface area contributed by atoms with Gasteiger partial charge in [0.1, 0.15) is 0 Å². The Bertz CT molecular complexity index is 535. The maximum atomic E-state index is 12.5. The van der Waals surface area contributed by atoms with Gasteiger partial charge in [-0.15, -0.1) is 0 Å². The van der Waals surface area contributed by atoms with E-state index in [4.69, 9.17) is 17.4 Å². The van der Waals surface area contributed by atoms with Crippen molar-refractivity contribution in [1.82, 2.24) is 10.3 Å². The number of hydrazine groups is 1. The summed E-state index contributed by atoms with van der Waals surface area (Å²) in [6.07, 6.45) is 3.28. The molecule has 2 atom stereocenters. The number of hydrogen-bond donors (Lipinski definition) is 2. The molecule has 3 N–H and O–H groups in total. The minimum Gasteiger partial charge on any atom is -0.339 e. The van der Waals surface area contributed by atoms with Gasteiger partial charge in [0.05, 0.1) is 0 Å². The van der Waals surface area contributed by atoms with E-state index in [1.54, 1.807) is 36.2 Å². The SMILES string of the molecule is CN(C(=O)c1cccc(Cl)c1)C1CCCC(C(=O)NN)C1. The maximum Gasteiger partial charge on any atom is 0.253 e. The van der Waals surface area contributed by atoms with E-state index in [0.29, 0.717) is 17.0 Å². The molecule has 0 bridgehead atoms. The van der Waals surface area contributed by atoms with Gasteiger partial charge < -0.3 is 4.90 Å². The first kappa shape index (κ1) is 15.8. The standard InChI is InChI=1S/C15H20ClN3O2/c1-19(15(21)11-5-2-6-12(16)8-11)13-7-3-4-10(9-13)14(20)18-17/h2,5-6,8,10,13H,3-4,7,9,17H2,1H3,(H,18,20). The summed E-state index contributed by atoms with van der Waals surface area (Å²) in [6, 6.07) is 6.95. The van der Waals surface area contributed by atoms with Crippen LogP contribution in [0.2, 0.25) is 5.02 Å². The van der Waals surface area contributed by atoms with Gasteiger partial charge >= 0.3 is 0 Å². The molecule has 1 aliphatic rings. The molecule has 21 heavy (non-hydrogen) atoms. The minimum atomic E-state index is -0.150. The zero-order valence-corrected chi connectivity index (χ0v) is 12.8. The van der Waals surface area contributed by atoms with Gasteiger partial charge in [-0.2, -0.15) is 0 Å². The van der Waals surface area contributed by atoms with Crippen LogP contribution >= 0.6 is 11.6 Å². The molecule has 2 unspecified atom stereocenters. The van der Waals surface area contributed by atoms with Crippen molar-refractivity contribution in [3.8, 4) is 0 Å². The number of amides is 2. The molecule has 0 aliphatic heterocycles. The van der Waals surface area contributed by atoms with E-state index < -0.39 is 0 Å². The normalized spacial score (nSPS) is 21.7. The van der Waals surface area contributed by atoms with Crippen LogP contribution in [0.1, 0.15) is 36.0 Å². The Hall–Kier alpha value is -1.59. The molecule has 6 heteroatoms. The summed E-state index contributed by atoms with van der Waals surface area (Å²) in [4.78, 5) is 25.9. The molecule has 1 aromatic carbocycles. The van der Waals surface area contributed by atoms with Crippen molar-refractivity contribution in [3.63, 3.8) is 0 Å². The number of carbonyl (C=O) groups excluding carboxylic acids is 2. The summed E-state index contributed by atoms with van der Waals surface area (Å²) in [5.41, 5.74) is 2.77. The summed E-state index contributed by atoms with van der Waals surface area (Å²) in [7, 11) is 1.77. The van der Waals surface area contributed by atoms with Gasteiger partial charge in [-0.3, -0.25) is 15.0 Å². The lowest BCUT2D eigenvalue weighted by Gasteiger charge is -2.34. The van der Waals surface area contributed by atoms with Crippen LogP contribution in [0.3, 0.4) is 0 Å². The van der Waals surface area contributed by atoms with Gasteiger partial charge in [0.2, 0.25) is 5.91 Å². The lowest BCUT2D eigenvalue weighted by Crippen LogP contribution is -2.44. The molecule has 0 radical (unpaired) electrons. The van der Waals surface area contributed by atoms with Crippen molar-refractivity contribution >= 4 is 23.4 Å². The molecule has 1 fully saturated rings. The molecule has 1 aliphatic carbocycles. The summed E-state index contributed by atoms with van der Waals surface area (Å²) in [5, 5.41) is 0.540. The minimum absolute atomic E-state index is 0.0486. The van der Waals surface area contributed by atoms with Gasteiger partial charge in [0.15, 0.2) is 0 Å². The van der Waals surface area contributed by atoms with Crippen LogP contribution < -0.4 is 11.3 Å². The number of nitrogens with zero attached hydrogens (tertiary/aromatic N) is 1. The van der Waals surface area contributed by atoms with Crippen LogP contribution in [-0.4, -0.2) is 29.8 Å². The number of nitrogens with one attached hydrogen (secondary N) is 1. The van der Waals surface area contributed by atoms with Crippen molar-refractivity contribution < 1.29 is 9.59 Å². The summed E-state index contributed by atoms with van der Waals surface area (Å²) < 4.78 is 0. The molecule has 0 spiro atoms. The Balaban J connectivity index is 2.06. The topological polar surface area (TPSA) is 75.4 Å². The molecular weight excluding hydrogens is 290 g/mol. The molecule has 0 heterocycles. The van der Waals surface area contributed by atoms with Crippen LogP contribution in [0, 0.1) is 5.92 Å². The van der Waals surface area contributed by atoms with Gasteiger partial charge in [-0.05, 0) is 37.5 Å². The van der Waals surface area contributed by atoms with Gasteiger partial charge in [-0.1, -0.05) is 24.1 Å². The lowest BCUT2D eigenvalue weighted by molar-refractivity contribution is -0.126. The zero-order chi connectivity index (χ0) is 15.4. The summed E-state index contributed by atoms with van der Waals surface area (Å²) in [5.74, 6) is 4.85. The second-order valence-electron chi connectivity index (χ2n) is 5.45. The fourth-order valence-corrected chi connectivity index (χ4v) is 3.05. The smallest absolute Gasteiger partial charge is 0.253 e. The molecule has 0 saturated heterocycles. The Kier molecular flexibility index (Phi) is 5.20. The zero-order valence-electron chi connectivity index (χ0n) is 12.0. The quantitative estimate of drug-likeness (QED) is 0.509. The van der Waals surface area contributed by atoms with Gasteiger partial charge in [0, 0.05) is 29.6 Å². The predicted molar refractivity (Wildman–Crippen MR) is 81.6 cm³/mol. The highest BCUT2D eigenvalue weighted by Crippen LogP contribution is 2.28. The average Bonchev–Trinajstić information content (AvgIpc) is 2.52. The molecule has 5 nitrogen and oxygen atoms in total. The number of benzene rings is 1. The molecule has 0 aromatic heterocycles. The third-order valence-electron chi connectivity index (χ3n) is 4.10. The van der Waals surface area contributed by atoms with E-state index >= 15 is 0 Å². The average molecular weight is 310 g/mol. The number of hydrogen-bond acceptors (Lipinski definition) is 3. The predicted octanol–water partition coefficient (Wildman–Crippen LogP) is 1.96. The van der Waals surface area contributed by atoms with E-state index in [9.17, 15) is 9.59 Å². The van der Waals surface area contributed by atoms with Crippen molar-refractivity contribution in [2.24, 2.45) is 11.8 Å². The first-order valence-corrected chi connectivity index (χ1v) is 7.44. The van der Waals surface area contributed by atoms with E-state index in [0.717, 1.165) is 19.3 Å². The number of halogens is 1. The molecule has 1 saturated carbocycles. The van der Waals surface area contributed by atoms with E-state index in [1.807, 2.05) is 0 Å². The molecule has 114 valence electrons. The Labute approximate surface area is 129 Å². The first-order chi connectivity index (χ1) is 10.0. The Morgan fingerprint density at radius 3 is 2.81 bits per heavy atom. The van der Waals surface area contributed by atoms with E-state index in [-0.39, 0.29) is 23.8 Å². The van der Waals surface area contributed by atoms with Crippen LogP contribution in [-0.2, 0) is 4.79 Å². The Morgan fingerprint density at radius 2 is 2.14 bits per heavy atom. The van der Waals surface area contributed by atoms with E-state index in [2.05, 4.69) is 5.43 Å². The second kappa shape index (κ2) is 6.91. The highest BCUT2D eigenvalue weighted by Gasteiger charge is 2.31. The van der Waals surface area contributed by atoms with Crippen LogP contribution in [0.15, 0.2) is 24.3 Å². The molecule has 1 aromatic rings. The second-order valence-corrected chi connectivity index (χ2v) is 5.89. The third-order valence-corrected chi connectivity index (χ3v) is 4.33. The van der Waals surface area contributed by atoms with Crippen molar-refractivity contribution in [2.75, 3.05) is 7.05 Å². The van der Waals surface area contributed by atoms with Crippen LogP contribution in [0.5, 0.6) is 0 Å². The van der Waals surface area contributed by atoms with Crippen molar-refractivity contribution in [3.05, 3.63) is 34.9 Å². The van der Waals surface area contributed by atoms with Crippen LogP contribution in [0.25, 0.3) is 0 Å². The largest absolute Gasteiger partial charge is 0.339 e. The molecule has 2 rings (SSSR count). The number of rotatable bonds is 3. The highest BCUT2D eigenvalue weighted by atomic mass is 35.5. The fraction of sp³-hybridized carbons (Fsp3) is 0.467. The summed E-state index contributed by atoms with van der Waals surface area (Å²) in [6.45, 7) is 0. The van der Waals surface area contributed by atoms with Crippen LogP contribution in [0.4, 0.5) is 0 Å². The van der Waals surface area contributed by atoms with Gasteiger partial charge in [-0.25, -0.2) is 5.84 Å². The number of carbonyl (C=O) groups is 2. The highest BCUT2D eigenvalue weighted by molar-refractivity contribution is 6.30. The third kappa shape index (κ3) is 3.74. The van der Waals surface area contributed by atoms with Crippen molar-refractivity contribution in [2.45, 2.75) is 31.7 Å². The molecule has 2 amide bonds. The monoisotopic (exact) mass is 309 g/mol. The van der Waals surface area contributed by atoms with Crippen molar-refractivity contribution in [1.29, 1.82) is 0 Å². The molecular formula is C15H20ClN3O2. The Morgan fingerprint density at radius 1 is 1.38 bits per heavy atom. The maximum absolute atomic E-state index is 12.5. The van der Waals surface area contributed by atoms with E-state index in [1.165, 1.54) is 0 Å². The fourth-order valence-electron chi connectivity index (χ4n) is 2.86. The van der Waals surface area contributed by atoms with Gasteiger partial charge in [0.25, 0.3) is 5.91 Å². The lowest BCUT2D eigenvalue weighted by atomic mass is 9.84. The summed E-state index contributed by atoms with van der Waals surface area (Å²) >= 11 is 5.93.